The van der Waals surface area contributed by atoms with Gasteiger partial charge in [-0.3, -0.25) is 4.90 Å². The lowest BCUT2D eigenvalue weighted by atomic mass is 10.1. The monoisotopic (exact) mass is 227 g/mol. The van der Waals surface area contributed by atoms with Gasteiger partial charge in [-0.25, -0.2) is 8.78 Å². The summed E-state index contributed by atoms with van der Waals surface area (Å²) in [5.41, 5.74) is 5.74. The van der Waals surface area contributed by atoms with Gasteiger partial charge >= 0.3 is 0 Å². The molecule has 0 unspecified atom stereocenters. The molecule has 0 aliphatic carbocycles. The van der Waals surface area contributed by atoms with E-state index in [2.05, 4.69) is 10.2 Å². The number of piperazine rings is 1. The number of nitrogens with two attached hydrogens (primary N) is 1. The van der Waals surface area contributed by atoms with Crippen LogP contribution in [0.2, 0.25) is 0 Å². The number of nitrogen functional groups attached to an aromatic ring is 1. The zero-order valence-corrected chi connectivity index (χ0v) is 8.97. The van der Waals surface area contributed by atoms with Crippen molar-refractivity contribution in [2.75, 3.05) is 31.9 Å². The highest BCUT2D eigenvalue weighted by Gasteiger charge is 2.16. The van der Waals surface area contributed by atoms with Crippen LogP contribution in [0.15, 0.2) is 12.1 Å². The fourth-order valence-corrected chi connectivity index (χ4v) is 1.86. The largest absolute Gasteiger partial charge is 0.396 e. The molecule has 0 atom stereocenters. The van der Waals surface area contributed by atoms with Gasteiger partial charge in [0.25, 0.3) is 0 Å². The quantitative estimate of drug-likeness (QED) is 0.739. The lowest BCUT2D eigenvalue weighted by Gasteiger charge is -2.27. The van der Waals surface area contributed by atoms with Crippen LogP contribution in [0.25, 0.3) is 0 Å². The van der Waals surface area contributed by atoms with Gasteiger partial charge in [0.1, 0.15) is 11.6 Å². The standard InChI is InChI=1S/C11H15F2N3/c12-9-1-2-10(13)11(14)8(9)7-16-5-3-15-4-6-16/h1-2,15H,3-7,14H2. The zero-order chi connectivity index (χ0) is 11.5. The fraction of sp³-hybridized carbons (Fsp3) is 0.455. The van der Waals surface area contributed by atoms with Gasteiger partial charge in [-0.05, 0) is 12.1 Å². The summed E-state index contributed by atoms with van der Waals surface area (Å²) >= 11 is 0. The Labute approximate surface area is 93.2 Å². The van der Waals surface area contributed by atoms with E-state index in [9.17, 15) is 8.78 Å². The van der Waals surface area contributed by atoms with Gasteiger partial charge in [-0.15, -0.1) is 0 Å². The summed E-state index contributed by atoms with van der Waals surface area (Å²) in [6.07, 6.45) is 0. The molecule has 1 aliphatic rings. The van der Waals surface area contributed by atoms with E-state index in [1.54, 1.807) is 0 Å². The third-order valence-electron chi connectivity index (χ3n) is 2.84. The summed E-state index contributed by atoms with van der Waals surface area (Å²) in [6.45, 7) is 3.77. The highest BCUT2D eigenvalue weighted by Crippen LogP contribution is 2.21. The van der Waals surface area contributed by atoms with Crippen LogP contribution in [0.5, 0.6) is 0 Å². The second-order valence-electron chi connectivity index (χ2n) is 3.95. The van der Waals surface area contributed by atoms with E-state index < -0.39 is 11.6 Å². The number of hydrogen-bond acceptors (Lipinski definition) is 3. The van der Waals surface area contributed by atoms with Crippen LogP contribution in [-0.4, -0.2) is 31.1 Å². The Kier molecular flexibility index (Phi) is 3.36. The van der Waals surface area contributed by atoms with E-state index >= 15 is 0 Å². The van der Waals surface area contributed by atoms with Crippen molar-refractivity contribution in [2.24, 2.45) is 0 Å². The summed E-state index contributed by atoms with van der Waals surface area (Å²) in [4.78, 5) is 2.06. The van der Waals surface area contributed by atoms with Gasteiger partial charge in [0.15, 0.2) is 0 Å². The molecule has 5 heteroatoms. The lowest BCUT2D eigenvalue weighted by molar-refractivity contribution is 0.230. The van der Waals surface area contributed by atoms with Crippen molar-refractivity contribution < 1.29 is 8.78 Å². The van der Waals surface area contributed by atoms with Crippen LogP contribution in [0.4, 0.5) is 14.5 Å². The summed E-state index contributed by atoms with van der Waals surface area (Å²) in [7, 11) is 0. The van der Waals surface area contributed by atoms with Crippen molar-refractivity contribution in [3.63, 3.8) is 0 Å². The van der Waals surface area contributed by atoms with Crippen molar-refractivity contribution in [3.05, 3.63) is 29.3 Å². The number of hydrogen-bond donors (Lipinski definition) is 2. The molecule has 1 aliphatic heterocycles. The van der Waals surface area contributed by atoms with E-state index in [0.717, 1.165) is 38.3 Å². The van der Waals surface area contributed by atoms with Crippen molar-refractivity contribution in [3.8, 4) is 0 Å². The van der Waals surface area contributed by atoms with Crippen LogP contribution in [0, 0.1) is 11.6 Å². The first-order valence-corrected chi connectivity index (χ1v) is 5.34. The molecule has 0 aromatic heterocycles. The van der Waals surface area contributed by atoms with E-state index in [1.165, 1.54) is 0 Å². The lowest BCUT2D eigenvalue weighted by Crippen LogP contribution is -2.43. The zero-order valence-electron chi connectivity index (χ0n) is 8.97. The molecular weight excluding hydrogens is 212 g/mol. The topological polar surface area (TPSA) is 41.3 Å². The molecule has 2 rings (SSSR count). The van der Waals surface area contributed by atoms with Crippen molar-refractivity contribution in [1.29, 1.82) is 0 Å². The Morgan fingerprint density at radius 1 is 1.19 bits per heavy atom. The third kappa shape index (κ3) is 2.31. The van der Waals surface area contributed by atoms with Gasteiger partial charge in [0.2, 0.25) is 0 Å². The molecule has 1 fully saturated rings. The maximum absolute atomic E-state index is 13.5. The molecule has 0 radical (unpaired) electrons. The highest BCUT2D eigenvalue weighted by atomic mass is 19.1. The first-order chi connectivity index (χ1) is 7.68. The predicted octanol–water partition coefficient (Wildman–Crippen LogP) is 0.952. The maximum Gasteiger partial charge on any atom is 0.146 e. The van der Waals surface area contributed by atoms with Crippen molar-refractivity contribution in [2.45, 2.75) is 6.54 Å². The second kappa shape index (κ2) is 4.76. The normalized spacial score (nSPS) is 17.6. The van der Waals surface area contributed by atoms with Gasteiger partial charge in [0.05, 0.1) is 5.69 Å². The Hall–Kier alpha value is -1.20. The Bertz CT molecular complexity index is 376. The average Bonchev–Trinajstić information content (AvgIpc) is 2.31. The van der Waals surface area contributed by atoms with Crippen molar-refractivity contribution >= 4 is 5.69 Å². The molecule has 3 N–H and O–H groups in total. The van der Waals surface area contributed by atoms with Gasteiger partial charge in [-0.1, -0.05) is 0 Å². The molecule has 1 aromatic rings. The number of halogens is 2. The smallest absolute Gasteiger partial charge is 0.146 e. The van der Waals surface area contributed by atoms with Crippen LogP contribution in [0.1, 0.15) is 5.56 Å². The SMILES string of the molecule is Nc1c(F)ccc(F)c1CN1CCNCC1. The summed E-state index contributed by atoms with van der Waals surface area (Å²) in [5, 5.41) is 3.20. The summed E-state index contributed by atoms with van der Waals surface area (Å²) < 4.78 is 26.7. The first-order valence-electron chi connectivity index (χ1n) is 5.34. The minimum Gasteiger partial charge on any atom is -0.396 e. The minimum atomic E-state index is -0.550. The number of nitrogens with one attached hydrogen (secondary N) is 1. The second-order valence-corrected chi connectivity index (χ2v) is 3.95. The van der Waals surface area contributed by atoms with Crippen LogP contribution < -0.4 is 11.1 Å². The number of benzene rings is 1. The Morgan fingerprint density at radius 3 is 2.50 bits per heavy atom. The molecular formula is C11H15F2N3. The molecule has 1 saturated heterocycles. The van der Waals surface area contributed by atoms with Crippen molar-refractivity contribution in [1.82, 2.24) is 10.2 Å². The highest BCUT2D eigenvalue weighted by molar-refractivity contribution is 5.48. The number of rotatable bonds is 2. The Balaban J connectivity index is 2.16. The number of anilines is 1. The summed E-state index contributed by atoms with van der Waals surface area (Å²) in [5.74, 6) is -0.982. The van der Waals surface area contributed by atoms with Gasteiger partial charge < -0.3 is 11.1 Å². The maximum atomic E-state index is 13.5. The Morgan fingerprint density at radius 2 is 1.81 bits per heavy atom. The molecule has 16 heavy (non-hydrogen) atoms. The summed E-state index contributed by atoms with van der Waals surface area (Å²) in [6, 6.07) is 2.19. The van der Waals surface area contributed by atoms with Crippen LogP contribution in [-0.2, 0) is 6.54 Å². The molecule has 0 bridgehead atoms. The molecule has 1 aromatic carbocycles. The van der Waals surface area contributed by atoms with Crippen LogP contribution >= 0.6 is 0 Å². The van der Waals surface area contributed by atoms with E-state index in [1.807, 2.05) is 0 Å². The number of nitrogens with zero attached hydrogens (tertiary/aromatic N) is 1. The van der Waals surface area contributed by atoms with Gasteiger partial charge in [0, 0.05) is 38.3 Å². The van der Waals surface area contributed by atoms with E-state index in [-0.39, 0.29) is 11.3 Å². The average molecular weight is 227 g/mol. The molecule has 0 spiro atoms. The fourth-order valence-electron chi connectivity index (χ4n) is 1.86. The molecule has 88 valence electrons. The minimum absolute atomic E-state index is 0.0708. The van der Waals surface area contributed by atoms with E-state index in [4.69, 9.17) is 5.73 Å². The molecule has 0 saturated carbocycles. The molecule has 1 heterocycles. The third-order valence-corrected chi connectivity index (χ3v) is 2.84. The first kappa shape index (κ1) is 11.3. The predicted molar refractivity (Wildman–Crippen MR) is 58.9 cm³/mol. The molecule has 3 nitrogen and oxygen atoms in total. The van der Waals surface area contributed by atoms with E-state index in [0.29, 0.717) is 6.54 Å². The van der Waals surface area contributed by atoms with Gasteiger partial charge in [-0.2, -0.15) is 0 Å². The van der Waals surface area contributed by atoms with Crippen LogP contribution in [0.3, 0.4) is 0 Å². The molecule has 0 amide bonds.